The molecule has 8 heteroatoms. The van der Waals surface area contributed by atoms with Crippen LogP contribution in [0.25, 0.3) is 0 Å². The summed E-state index contributed by atoms with van der Waals surface area (Å²) in [6.07, 6.45) is 0. The minimum atomic E-state index is -4.61. The third kappa shape index (κ3) is 5.42. The van der Waals surface area contributed by atoms with Crippen molar-refractivity contribution in [2.75, 3.05) is 6.61 Å². The van der Waals surface area contributed by atoms with Crippen molar-refractivity contribution in [3.8, 4) is 11.5 Å². The molecule has 0 saturated heterocycles. The second kappa shape index (κ2) is 8.36. The largest absolute Gasteiger partial charge is 0.744 e. The van der Waals surface area contributed by atoms with Gasteiger partial charge in [-0.1, -0.05) is 13.8 Å². The lowest BCUT2D eigenvalue weighted by molar-refractivity contribution is -0.136. The van der Waals surface area contributed by atoms with E-state index in [1.165, 1.54) is 12.1 Å². The van der Waals surface area contributed by atoms with Crippen LogP contribution in [-0.4, -0.2) is 25.5 Å². The van der Waals surface area contributed by atoms with Crippen LogP contribution in [0.15, 0.2) is 41.3 Å². The second-order valence-electron chi connectivity index (χ2n) is 5.98. The van der Waals surface area contributed by atoms with E-state index in [1.807, 2.05) is 12.1 Å². The Balaban J connectivity index is 2.16. The molecule has 6 nitrogen and oxygen atoms in total. The van der Waals surface area contributed by atoms with Gasteiger partial charge in [0.25, 0.3) is 0 Å². The molecule has 0 N–H and O–H groups in total. The van der Waals surface area contributed by atoms with E-state index in [0.717, 1.165) is 3.57 Å². The van der Waals surface area contributed by atoms with Gasteiger partial charge in [0.15, 0.2) is 6.61 Å². The van der Waals surface area contributed by atoms with E-state index in [0.29, 0.717) is 16.9 Å². The molecule has 26 heavy (non-hydrogen) atoms. The van der Waals surface area contributed by atoms with Crippen molar-refractivity contribution in [1.82, 2.24) is 0 Å². The molecule has 140 valence electrons. The molecule has 0 spiro atoms. The lowest BCUT2D eigenvalue weighted by atomic mass is 10.0. The molecule has 0 aromatic heterocycles. The molecule has 0 aliphatic carbocycles. The molecule has 2 rings (SSSR count). The van der Waals surface area contributed by atoms with Gasteiger partial charge in [0.1, 0.15) is 21.6 Å². The van der Waals surface area contributed by atoms with E-state index in [2.05, 4.69) is 22.6 Å². The van der Waals surface area contributed by atoms with Crippen molar-refractivity contribution in [3.05, 3.63) is 51.1 Å². The van der Waals surface area contributed by atoms with Crippen LogP contribution in [0.1, 0.15) is 30.9 Å². The molecule has 0 amide bonds. The van der Waals surface area contributed by atoms with Crippen LogP contribution < -0.4 is 9.47 Å². The minimum Gasteiger partial charge on any atom is -0.744 e. The maximum Gasteiger partial charge on any atom is 0.349 e. The van der Waals surface area contributed by atoms with Crippen LogP contribution in [0.4, 0.5) is 0 Å². The van der Waals surface area contributed by atoms with Crippen LogP contribution >= 0.6 is 22.6 Å². The van der Waals surface area contributed by atoms with Crippen LogP contribution in [0.2, 0.25) is 0 Å². The highest BCUT2D eigenvalue weighted by atomic mass is 127. The van der Waals surface area contributed by atoms with Crippen molar-refractivity contribution in [1.29, 1.82) is 0 Å². The third-order valence-electron chi connectivity index (χ3n) is 3.59. The van der Waals surface area contributed by atoms with Gasteiger partial charge in [-0.25, -0.2) is 13.2 Å². The summed E-state index contributed by atoms with van der Waals surface area (Å²) in [5.41, 5.74) is 0.693. The van der Waals surface area contributed by atoms with Gasteiger partial charge in [0, 0.05) is 3.57 Å². The summed E-state index contributed by atoms with van der Waals surface area (Å²) >= 11 is 2.16. The van der Waals surface area contributed by atoms with Crippen LogP contribution in [0, 0.1) is 10.5 Å². The first-order valence-electron chi connectivity index (χ1n) is 7.77. The average Bonchev–Trinajstić information content (AvgIpc) is 2.54. The fourth-order valence-electron chi connectivity index (χ4n) is 2.28. The molecule has 0 aliphatic rings. The van der Waals surface area contributed by atoms with E-state index in [4.69, 9.17) is 9.47 Å². The molecule has 0 saturated carbocycles. The van der Waals surface area contributed by atoms with E-state index < -0.39 is 16.1 Å². The van der Waals surface area contributed by atoms with E-state index >= 15 is 0 Å². The SMILES string of the molecule is Cc1cc(S(=O)(=O)[O-])c(C(C)C)cc1OC(=O)COc1ccc(I)cc1. The minimum absolute atomic E-state index is 0.206. The number of hydrogen-bond donors (Lipinski definition) is 0. The fraction of sp³-hybridized carbons (Fsp3) is 0.278. The van der Waals surface area contributed by atoms with E-state index in [-0.39, 0.29) is 23.2 Å². The summed E-state index contributed by atoms with van der Waals surface area (Å²) in [5, 5.41) is 0. The Labute approximate surface area is 166 Å². The van der Waals surface area contributed by atoms with Crippen molar-refractivity contribution >= 4 is 38.7 Å². The predicted octanol–water partition coefficient (Wildman–Crippen LogP) is 3.61. The molecule has 0 unspecified atom stereocenters. The quantitative estimate of drug-likeness (QED) is 0.267. The molecule has 0 aliphatic heterocycles. The molecule has 2 aromatic rings. The second-order valence-corrected chi connectivity index (χ2v) is 8.57. The standard InChI is InChI=1S/C18H19IO6S/c1-11(2)15-9-16(12(3)8-17(15)26(21,22)23)25-18(20)10-24-14-6-4-13(19)5-7-14/h4-9,11H,10H2,1-3H3,(H,21,22,23)/p-1. The van der Waals surface area contributed by atoms with E-state index in [9.17, 15) is 17.8 Å². The number of carbonyl (C=O) groups excluding carboxylic acids is 1. The summed E-state index contributed by atoms with van der Waals surface area (Å²) in [4.78, 5) is 11.7. The van der Waals surface area contributed by atoms with Gasteiger partial charge in [-0.15, -0.1) is 0 Å². The number of halogens is 1. The van der Waals surface area contributed by atoms with Gasteiger partial charge in [-0.05, 0) is 83.0 Å². The van der Waals surface area contributed by atoms with Crippen LogP contribution in [0.5, 0.6) is 11.5 Å². The van der Waals surface area contributed by atoms with Crippen molar-refractivity contribution < 1.29 is 27.2 Å². The lowest BCUT2D eigenvalue weighted by Crippen LogP contribution is -2.18. The molecule has 0 atom stereocenters. The predicted molar refractivity (Wildman–Crippen MR) is 104 cm³/mol. The maximum absolute atomic E-state index is 12.0. The smallest absolute Gasteiger partial charge is 0.349 e. The monoisotopic (exact) mass is 489 g/mol. The zero-order chi connectivity index (χ0) is 19.5. The first kappa shape index (κ1) is 20.7. The molecule has 0 bridgehead atoms. The topological polar surface area (TPSA) is 92.7 Å². The van der Waals surface area contributed by atoms with Gasteiger partial charge >= 0.3 is 5.97 Å². The molecule has 2 aromatic carbocycles. The highest BCUT2D eigenvalue weighted by Crippen LogP contribution is 2.31. The Morgan fingerprint density at radius 2 is 1.81 bits per heavy atom. The number of carbonyl (C=O) groups is 1. The summed E-state index contributed by atoms with van der Waals surface area (Å²) in [6.45, 7) is 4.79. The Kier molecular flexibility index (Phi) is 6.64. The van der Waals surface area contributed by atoms with Crippen LogP contribution in [0.3, 0.4) is 0 Å². The maximum atomic E-state index is 12.0. The summed E-state index contributed by atoms with van der Waals surface area (Å²) < 4.78 is 46.0. The number of hydrogen-bond acceptors (Lipinski definition) is 6. The van der Waals surface area contributed by atoms with Gasteiger partial charge < -0.3 is 14.0 Å². The molecule has 0 fully saturated rings. The Hall–Kier alpha value is -1.65. The molecule has 0 heterocycles. The first-order valence-corrected chi connectivity index (χ1v) is 10.3. The van der Waals surface area contributed by atoms with E-state index in [1.54, 1.807) is 32.9 Å². The van der Waals surface area contributed by atoms with Crippen molar-refractivity contribution in [3.63, 3.8) is 0 Å². The molecule has 0 radical (unpaired) electrons. The van der Waals surface area contributed by atoms with Gasteiger partial charge in [-0.2, -0.15) is 0 Å². The highest BCUT2D eigenvalue weighted by molar-refractivity contribution is 14.1. The van der Waals surface area contributed by atoms with Gasteiger partial charge in [0.05, 0.1) is 4.90 Å². The average molecular weight is 489 g/mol. The zero-order valence-corrected chi connectivity index (χ0v) is 17.5. The Morgan fingerprint density at radius 1 is 1.19 bits per heavy atom. The Bertz CT molecular complexity index is 904. The zero-order valence-electron chi connectivity index (χ0n) is 14.5. The number of benzene rings is 2. The molecular formula is C18H18IO6S-. The lowest BCUT2D eigenvalue weighted by Gasteiger charge is -2.18. The summed E-state index contributed by atoms with van der Waals surface area (Å²) in [5.74, 6) is -0.110. The van der Waals surface area contributed by atoms with Crippen molar-refractivity contribution in [2.24, 2.45) is 0 Å². The normalized spacial score (nSPS) is 11.5. The number of rotatable bonds is 6. The summed E-state index contributed by atoms with van der Waals surface area (Å²) in [6, 6.07) is 9.84. The van der Waals surface area contributed by atoms with Gasteiger partial charge in [-0.3, -0.25) is 0 Å². The van der Waals surface area contributed by atoms with Crippen molar-refractivity contribution in [2.45, 2.75) is 31.6 Å². The van der Waals surface area contributed by atoms with Crippen LogP contribution in [-0.2, 0) is 14.9 Å². The highest BCUT2D eigenvalue weighted by Gasteiger charge is 2.17. The number of aryl methyl sites for hydroxylation is 1. The third-order valence-corrected chi connectivity index (χ3v) is 5.20. The summed E-state index contributed by atoms with van der Waals surface area (Å²) in [7, 11) is -4.61. The first-order chi connectivity index (χ1) is 12.1. The van der Waals surface area contributed by atoms with Gasteiger partial charge in [0.2, 0.25) is 0 Å². The number of esters is 1. The molecular weight excluding hydrogens is 471 g/mol. The number of ether oxygens (including phenoxy) is 2. The fourth-order valence-corrected chi connectivity index (χ4v) is 3.54. The Morgan fingerprint density at radius 3 is 2.35 bits per heavy atom.